The summed E-state index contributed by atoms with van der Waals surface area (Å²) in [5.74, 6) is -0.407. The van der Waals surface area contributed by atoms with Gasteiger partial charge in [-0.15, -0.1) is 0 Å². The molecule has 0 aromatic carbocycles. The molecule has 0 bridgehead atoms. The molecule has 1 aliphatic heterocycles. The molecular formula is C14H24O3. The molecule has 3 unspecified atom stereocenters. The van der Waals surface area contributed by atoms with Gasteiger partial charge in [0.25, 0.3) is 0 Å². The van der Waals surface area contributed by atoms with Crippen LogP contribution in [0.25, 0.3) is 0 Å². The number of hydrogen-bond acceptors (Lipinski definition) is 2. The van der Waals surface area contributed by atoms with Gasteiger partial charge in [0.1, 0.15) is 0 Å². The molecule has 3 nitrogen and oxygen atoms in total. The summed E-state index contributed by atoms with van der Waals surface area (Å²) in [6.07, 6.45) is 5.75. The topological polar surface area (TPSA) is 46.5 Å². The summed E-state index contributed by atoms with van der Waals surface area (Å²) in [6, 6.07) is 0. The van der Waals surface area contributed by atoms with E-state index in [2.05, 4.69) is 20.8 Å². The molecule has 2 aliphatic rings. The van der Waals surface area contributed by atoms with E-state index in [4.69, 9.17) is 4.74 Å². The van der Waals surface area contributed by atoms with Gasteiger partial charge in [0.05, 0.1) is 18.1 Å². The van der Waals surface area contributed by atoms with Crippen LogP contribution < -0.4 is 0 Å². The van der Waals surface area contributed by atoms with E-state index in [0.717, 1.165) is 0 Å². The maximum atomic E-state index is 11.3. The minimum absolute atomic E-state index is 0.0869. The highest BCUT2D eigenvalue weighted by atomic mass is 16.5. The van der Waals surface area contributed by atoms with Crippen molar-refractivity contribution < 1.29 is 14.6 Å². The smallest absolute Gasteiger partial charge is 0.309 e. The molecule has 2 fully saturated rings. The SMILES string of the molecule is CC(C)(C)C1OC(C2CCCC2)CC1C(=O)O. The van der Waals surface area contributed by atoms with Crippen LogP contribution in [0, 0.1) is 17.3 Å². The third-order valence-corrected chi connectivity index (χ3v) is 4.27. The van der Waals surface area contributed by atoms with Gasteiger partial charge in [0.15, 0.2) is 0 Å². The van der Waals surface area contributed by atoms with Crippen molar-refractivity contribution in [3.63, 3.8) is 0 Å². The Morgan fingerprint density at radius 1 is 1.24 bits per heavy atom. The first-order chi connectivity index (χ1) is 7.89. The van der Waals surface area contributed by atoms with Crippen molar-refractivity contribution in [2.24, 2.45) is 17.3 Å². The maximum absolute atomic E-state index is 11.3. The van der Waals surface area contributed by atoms with Crippen LogP contribution in [0.15, 0.2) is 0 Å². The highest BCUT2D eigenvalue weighted by Gasteiger charge is 2.47. The van der Waals surface area contributed by atoms with Crippen molar-refractivity contribution in [1.29, 1.82) is 0 Å². The fourth-order valence-corrected chi connectivity index (χ4v) is 3.38. The zero-order chi connectivity index (χ0) is 12.6. The van der Waals surface area contributed by atoms with Gasteiger partial charge in [0.2, 0.25) is 0 Å². The van der Waals surface area contributed by atoms with Gasteiger partial charge < -0.3 is 9.84 Å². The van der Waals surface area contributed by atoms with E-state index in [9.17, 15) is 9.90 Å². The van der Waals surface area contributed by atoms with Crippen molar-refractivity contribution in [2.45, 2.75) is 65.1 Å². The average molecular weight is 240 g/mol. The van der Waals surface area contributed by atoms with Crippen molar-refractivity contribution in [1.82, 2.24) is 0 Å². The largest absolute Gasteiger partial charge is 0.481 e. The predicted octanol–water partition coefficient (Wildman–Crippen LogP) is 3.08. The standard InChI is InChI=1S/C14H24O3/c1-14(2,3)12-10(13(15)16)8-11(17-12)9-6-4-5-7-9/h9-12H,4-8H2,1-3H3,(H,15,16). The van der Waals surface area contributed by atoms with Gasteiger partial charge in [-0.25, -0.2) is 0 Å². The lowest BCUT2D eigenvalue weighted by atomic mass is 9.80. The number of carboxylic acid groups (broad SMARTS) is 1. The Labute approximate surface area is 104 Å². The molecule has 1 aliphatic carbocycles. The van der Waals surface area contributed by atoms with Gasteiger partial charge in [-0.2, -0.15) is 0 Å². The molecule has 98 valence electrons. The Hall–Kier alpha value is -0.570. The van der Waals surface area contributed by atoms with Gasteiger partial charge in [-0.3, -0.25) is 4.79 Å². The van der Waals surface area contributed by atoms with Crippen LogP contribution in [0.2, 0.25) is 0 Å². The third-order valence-electron chi connectivity index (χ3n) is 4.27. The van der Waals surface area contributed by atoms with Crippen molar-refractivity contribution >= 4 is 5.97 Å². The Kier molecular flexibility index (Phi) is 3.48. The van der Waals surface area contributed by atoms with E-state index in [1.165, 1.54) is 25.7 Å². The Morgan fingerprint density at radius 3 is 2.24 bits per heavy atom. The van der Waals surface area contributed by atoms with Crippen molar-refractivity contribution in [2.75, 3.05) is 0 Å². The maximum Gasteiger partial charge on any atom is 0.309 e. The average Bonchev–Trinajstić information content (AvgIpc) is 2.85. The normalized spacial score (nSPS) is 35.4. The van der Waals surface area contributed by atoms with Crippen LogP contribution in [0.1, 0.15) is 52.9 Å². The van der Waals surface area contributed by atoms with Crippen LogP contribution in [0.5, 0.6) is 0 Å². The van der Waals surface area contributed by atoms with Gasteiger partial charge in [-0.1, -0.05) is 33.6 Å². The third kappa shape index (κ3) is 2.65. The van der Waals surface area contributed by atoms with Crippen molar-refractivity contribution in [3.05, 3.63) is 0 Å². The summed E-state index contributed by atoms with van der Waals surface area (Å²) in [7, 11) is 0. The van der Waals surface area contributed by atoms with Gasteiger partial charge >= 0.3 is 5.97 Å². The first kappa shape index (κ1) is 12.9. The first-order valence-corrected chi connectivity index (χ1v) is 6.78. The Balaban J connectivity index is 2.08. The summed E-state index contributed by atoms with van der Waals surface area (Å²) in [4.78, 5) is 11.3. The summed E-state index contributed by atoms with van der Waals surface area (Å²) in [5.41, 5.74) is -0.0869. The zero-order valence-electron chi connectivity index (χ0n) is 11.1. The zero-order valence-corrected chi connectivity index (χ0v) is 11.1. The summed E-state index contributed by atoms with van der Waals surface area (Å²) in [5, 5.41) is 9.33. The highest BCUT2D eigenvalue weighted by molar-refractivity contribution is 5.71. The molecule has 17 heavy (non-hydrogen) atoms. The molecule has 1 saturated heterocycles. The summed E-state index contributed by atoms with van der Waals surface area (Å²) < 4.78 is 6.10. The van der Waals surface area contributed by atoms with Crippen LogP contribution in [-0.4, -0.2) is 23.3 Å². The van der Waals surface area contributed by atoms with Crippen LogP contribution in [0.4, 0.5) is 0 Å². The lowest BCUT2D eigenvalue weighted by Gasteiger charge is -2.30. The lowest BCUT2D eigenvalue weighted by Crippen LogP contribution is -2.35. The number of hydrogen-bond donors (Lipinski definition) is 1. The molecule has 0 aromatic heterocycles. The fraction of sp³-hybridized carbons (Fsp3) is 0.929. The van der Waals surface area contributed by atoms with E-state index in [1.54, 1.807) is 0 Å². The molecule has 2 rings (SSSR count). The number of rotatable bonds is 2. The quantitative estimate of drug-likeness (QED) is 0.806. The molecule has 0 aromatic rings. The summed E-state index contributed by atoms with van der Waals surface area (Å²) >= 11 is 0. The minimum atomic E-state index is -0.689. The first-order valence-electron chi connectivity index (χ1n) is 6.78. The fourth-order valence-electron chi connectivity index (χ4n) is 3.38. The molecule has 0 spiro atoms. The van der Waals surface area contributed by atoms with E-state index in [1.807, 2.05) is 0 Å². The molecule has 1 N–H and O–H groups in total. The van der Waals surface area contributed by atoms with Gasteiger partial charge in [0, 0.05) is 0 Å². The number of ether oxygens (including phenoxy) is 1. The highest BCUT2D eigenvalue weighted by Crippen LogP contribution is 2.43. The molecule has 3 atom stereocenters. The lowest BCUT2D eigenvalue weighted by molar-refractivity contribution is -0.146. The second-order valence-corrected chi connectivity index (χ2v) is 6.69. The minimum Gasteiger partial charge on any atom is -0.481 e. The molecule has 0 amide bonds. The monoisotopic (exact) mass is 240 g/mol. The molecular weight excluding hydrogens is 216 g/mol. The Morgan fingerprint density at radius 2 is 1.82 bits per heavy atom. The number of carbonyl (C=O) groups is 1. The Bertz CT molecular complexity index is 286. The van der Waals surface area contributed by atoms with E-state index < -0.39 is 5.97 Å². The van der Waals surface area contributed by atoms with E-state index in [-0.39, 0.29) is 23.5 Å². The van der Waals surface area contributed by atoms with Crippen LogP contribution in [0.3, 0.4) is 0 Å². The molecule has 1 saturated carbocycles. The van der Waals surface area contributed by atoms with E-state index in [0.29, 0.717) is 12.3 Å². The number of carboxylic acids is 1. The second-order valence-electron chi connectivity index (χ2n) is 6.69. The predicted molar refractivity (Wildman–Crippen MR) is 65.8 cm³/mol. The second kappa shape index (κ2) is 4.60. The number of aliphatic carboxylic acids is 1. The van der Waals surface area contributed by atoms with Crippen LogP contribution in [-0.2, 0) is 9.53 Å². The molecule has 1 heterocycles. The summed E-state index contributed by atoms with van der Waals surface area (Å²) in [6.45, 7) is 6.22. The van der Waals surface area contributed by atoms with E-state index >= 15 is 0 Å². The molecule has 3 heteroatoms. The van der Waals surface area contributed by atoms with Crippen LogP contribution >= 0.6 is 0 Å². The van der Waals surface area contributed by atoms with Gasteiger partial charge in [-0.05, 0) is 30.6 Å². The molecule has 0 radical (unpaired) electrons. The van der Waals surface area contributed by atoms with Crippen molar-refractivity contribution in [3.8, 4) is 0 Å².